The summed E-state index contributed by atoms with van der Waals surface area (Å²) in [4.78, 5) is 2.53. The second-order valence-corrected chi connectivity index (χ2v) is 5.43. The highest BCUT2D eigenvalue weighted by atomic mass is 79.9. The lowest BCUT2D eigenvalue weighted by molar-refractivity contribution is 1.19. The molecule has 0 radical (unpaired) electrons. The van der Waals surface area contributed by atoms with E-state index in [1.54, 1.807) is 0 Å². The molecule has 1 heterocycles. The zero-order chi connectivity index (χ0) is 10.1. The van der Waals surface area contributed by atoms with Gasteiger partial charge in [-0.05, 0) is 35.6 Å². The Labute approximate surface area is 102 Å². The molecule has 0 spiro atoms. The average molecular weight is 287 g/mol. The topological polar surface area (TPSA) is 0 Å². The van der Waals surface area contributed by atoms with Crippen LogP contribution in [0, 0.1) is 0 Å². The Kier molecular flexibility index (Phi) is 3.20. The van der Waals surface area contributed by atoms with Crippen molar-refractivity contribution in [3.8, 4) is 0 Å². The van der Waals surface area contributed by atoms with Crippen molar-refractivity contribution in [2.45, 2.75) is 23.6 Å². The molecule has 74 valence electrons. The molecule has 0 bridgehead atoms. The van der Waals surface area contributed by atoms with Gasteiger partial charge in [-0.15, -0.1) is 24.0 Å². The summed E-state index contributed by atoms with van der Waals surface area (Å²) in [7, 11) is 0. The van der Waals surface area contributed by atoms with Crippen LogP contribution in [-0.4, -0.2) is 0 Å². The Bertz CT molecular complexity index is 460. The van der Waals surface area contributed by atoms with Crippen molar-refractivity contribution in [3.05, 3.63) is 28.6 Å². The van der Waals surface area contributed by atoms with E-state index in [1.165, 1.54) is 20.5 Å². The molecule has 1 aromatic carbocycles. The minimum Gasteiger partial charge on any atom is -0.143 e. The van der Waals surface area contributed by atoms with Gasteiger partial charge in [-0.25, -0.2) is 0 Å². The zero-order valence-corrected chi connectivity index (χ0v) is 11.2. The Balaban J connectivity index is 2.64. The Morgan fingerprint density at radius 3 is 2.79 bits per heavy atom. The summed E-state index contributed by atoms with van der Waals surface area (Å²) in [6.45, 7) is 2.19. The summed E-state index contributed by atoms with van der Waals surface area (Å²) in [6, 6.07) is 6.67. The fraction of sp³-hybridized carbons (Fsp3) is 0.273. The molecule has 0 aliphatic rings. The largest absolute Gasteiger partial charge is 0.143 e. The van der Waals surface area contributed by atoms with Gasteiger partial charge in [-0.1, -0.05) is 22.9 Å². The van der Waals surface area contributed by atoms with Crippen LogP contribution in [0.3, 0.4) is 0 Å². The smallest absolute Gasteiger partial charge is 0.0356 e. The Morgan fingerprint density at radius 2 is 2.14 bits per heavy atom. The second kappa shape index (κ2) is 4.25. The molecule has 0 saturated carbocycles. The number of alkyl halides is 1. The predicted molar refractivity (Wildman–Crippen MR) is 71.1 cm³/mol. The van der Waals surface area contributed by atoms with Crippen LogP contribution in [0.5, 0.6) is 0 Å². The van der Waals surface area contributed by atoms with Crippen LogP contribution in [0.2, 0.25) is 0 Å². The van der Waals surface area contributed by atoms with Gasteiger partial charge in [-0.3, -0.25) is 0 Å². The molecule has 14 heavy (non-hydrogen) atoms. The Hall–Kier alpha value is 0.01000. The van der Waals surface area contributed by atoms with Gasteiger partial charge in [0.1, 0.15) is 0 Å². The summed E-state index contributed by atoms with van der Waals surface area (Å²) in [5, 5.41) is 2.22. The van der Waals surface area contributed by atoms with Crippen LogP contribution in [0.25, 0.3) is 10.1 Å². The molecule has 0 aliphatic heterocycles. The first-order valence-electron chi connectivity index (χ1n) is 4.55. The number of fused-ring (bicyclic) bond motifs is 1. The third kappa shape index (κ3) is 1.86. The van der Waals surface area contributed by atoms with E-state index in [0.29, 0.717) is 0 Å². The zero-order valence-electron chi connectivity index (χ0n) is 7.88. The lowest BCUT2D eigenvalue weighted by Gasteiger charge is -2.00. The van der Waals surface area contributed by atoms with Crippen LogP contribution in [0.15, 0.2) is 23.1 Å². The number of halogens is 1. The average Bonchev–Trinajstić information content (AvgIpc) is 2.58. The standard InChI is InChI=1S/C11H11BrS2/c1-2-9-4-7-3-8(6-12)10(13)5-11(7)14-9/h3-5,13H,2,6H2,1H3. The van der Waals surface area contributed by atoms with E-state index in [2.05, 4.69) is 53.7 Å². The van der Waals surface area contributed by atoms with Crippen molar-refractivity contribution >= 4 is 50.0 Å². The second-order valence-electron chi connectivity index (χ2n) is 3.22. The molecule has 0 aliphatic carbocycles. The first-order valence-corrected chi connectivity index (χ1v) is 6.93. The lowest BCUT2D eigenvalue weighted by atomic mass is 10.2. The van der Waals surface area contributed by atoms with Crippen LogP contribution in [0.4, 0.5) is 0 Å². The first kappa shape index (κ1) is 10.5. The number of benzene rings is 1. The molecule has 0 unspecified atom stereocenters. The Morgan fingerprint density at radius 1 is 1.36 bits per heavy atom. The van der Waals surface area contributed by atoms with Gasteiger partial charge < -0.3 is 0 Å². The third-order valence-corrected chi connectivity index (χ3v) is 4.52. The van der Waals surface area contributed by atoms with Crippen molar-refractivity contribution in [3.63, 3.8) is 0 Å². The number of hydrogen-bond acceptors (Lipinski definition) is 2. The fourth-order valence-corrected chi connectivity index (χ4v) is 3.53. The summed E-state index contributed by atoms with van der Waals surface area (Å²) in [5.41, 5.74) is 1.27. The highest BCUT2D eigenvalue weighted by molar-refractivity contribution is 9.08. The molecular weight excluding hydrogens is 276 g/mol. The molecule has 2 rings (SSSR count). The van der Waals surface area contributed by atoms with Crippen molar-refractivity contribution in [1.82, 2.24) is 0 Å². The van der Waals surface area contributed by atoms with E-state index in [9.17, 15) is 0 Å². The van der Waals surface area contributed by atoms with E-state index in [-0.39, 0.29) is 0 Å². The van der Waals surface area contributed by atoms with Gasteiger partial charge >= 0.3 is 0 Å². The van der Waals surface area contributed by atoms with Gasteiger partial charge in [0.2, 0.25) is 0 Å². The fourth-order valence-electron chi connectivity index (χ4n) is 1.46. The molecule has 0 atom stereocenters. The van der Waals surface area contributed by atoms with E-state index < -0.39 is 0 Å². The number of hydrogen-bond donors (Lipinski definition) is 1. The summed E-state index contributed by atoms with van der Waals surface area (Å²) < 4.78 is 1.34. The molecular formula is C11H11BrS2. The van der Waals surface area contributed by atoms with Crippen molar-refractivity contribution in [2.75, 3.05) is 0 Å². The summed E-state index contributed by atoms with van der Waals surface area (Å²) >= 11 is 9.81. The molecule has 1 aromatic heterocycles. The van der Waals surface area contributed by atoms with Crippen LogP contribution in [-0.2, 0) is 11.8 Å². The van der Waals surface area contributed by atoms with Gasteiger partial charge in [0.15, 0.2) is 0 Å². The molecule has 0 N–H and O–H groups in total. The molecule has 0 nitrogen and oxygen atoms in total. The highest BCUT2D eigenvalue weighted by Crippen LogP contribution is 2.31. The first-order chi connectivity index (χ1) is 6.74. The van der Waals surface area contributed by atoms with Gasteiger partial charge in [0.25, 0.3) is 0 Å². The predicted octanol–water partition coefficient (Wildman–Crippen LogP) is 4.65. The number of rotatable bonds is 2. The summed E-state index contributed by atoms with van der Waals surface area (Å²) in [5.74, 6) is 0. The number of thiol groups is 1. The van der Waals surface area contributed by atoms with E-state index in [0.717, 1.165) is 16.6 Å². The van der Waals surface area contributed by atoms with Crippen molar-refractivity contribution in [2.24, 2.45) is 0 Å². The minimum atomic E-state index is 0.874. The van der Waals surface area contributed by atoms with E-state index in [4.69, 9.17) is 0 Å². The van der Waals surface area contributed by atoms with E-state index in [1.807, 2.05) is 11.3 Å². The molecule has 3 heteroatoms. The van der Waals surface area contributed by atoms with Gasteiger partial charge in [0.05, 0.1) is 0 Å². The van der Waals surface area contributed by atoms with Crippen molar-refractivity contribution in [1.29, 1.82) is 0 Å². The third-order valence-electron chi connectivity index (χ3n) is 2.26. The molecule has 2 aromatic rings. The van der Waals surface area contributed by atoms with Crippen LogP contribution >= 0.6 is 39.9 Å². The van der Waals surface area contributed by atoms with E-state index >= 15 is 0 Å². The van der Waals surface area contributed by atoms with Crippen LogP contribution < -0.4 is 0 Å². The number of thiophene rings is 1. The SMILES string of the molecule is CCc1cc2cc(CBr)c(S)cc2s1. The monoisotopic (exact) mass is 286 g/mol. The molecule has 0 fully saturated rings. The lowest BCUT2D eigenvalue weighted by Crippen LogP contribution is -1.79. The molecule has 0 amide bonds. The maximum absolute atomic E-state index is 4.47. The quantitative estimate of drug-likeness (QED) is 0.603. The minimum absolute atomic E-state index is 0.874. The van der Waals surface area contributed by atoms with Crippen LogP contribution in [0.1, 0.15) is 17.4 Å². The maximum atomic E-state index is 4.47. The molecule has 0 saturated heterocycles. The normalized spacial score (nSPS) is 11.1. The van der Waals surface area contributed by atoms with Gasteiger partial charge in [-0.2, -0.15) is 0 Å². The van der Waals surface area contributed by atoms with Gasteiger partial charge in [0, 0.05) is 19.8 Å². The van der Waals surface area contributed by atoms with Crippen molar-refractivity contribution < 1.29 is 0 Å². The highest BCUT2D eigenvalue weighted by Gasteiger charge is 2.04. The number of aryl methyl sites for hydroxylation is 1. The maximum Gasteiger partial charge on any atom is 0.0356 e. The summed E-state index contributed by atoms with van der Waals surface area (Å²) in [6.07, 6.45) is 1.12.